The van der Waals surface area contributed by atoms with E-state index in [0.29, 0.717) is 12.1 Å². The first kappa shape index (κ1) is 14.8. The number of carbonyl (C=O) groups excluding carboxylic acids is 1. The molecule has 0 aromatic rings. The molecule has 0 amide bonds. The van der Waals surface area contributed by atoms with Crippen molar-refractivity contribution in [2.45, 2.75) is 47.5 Å². The van der Waals surface area contributed by atoms with E-state index in [9.17, 15) is 4.79 Å². The molecule has 16 heavy (non-hydrogen) atoms. The fourth-order valence-corrected chi connectivity index (χ4v) is 1.16. The Morgan fingerprint density at radius 1 is 1.12 bits per heavy atom. The number of ketones is 1. The highest BCUT2D eigenvalue weighted by atomic mass is 16.1. The number of hydrogen-bond acceptors (Lipinski definition) is 3. The molecule has 0 atom stereocenters. The van der Waals surface area contributed by atoms with Crippen LogP contribution in [0.1, 0.15) is 47.5 Å². The molecular formula is C13H22N2O. The van der Waals surface area contributed by atoms with E-state index in [1.165, 1.54) is 0 Å². The molecule has 0 saturated carbocycles. The molecule has 0 fully saturated rings. The number of Topliss-reactive ketones (excluding diaryl/α,β-unsaturated/α-hetero) is 1. The Kier molecular flexibility index (Phi) is 7.34. The molecule has 0 radical (unpaired) electrons. The lowest BCUT2D eigenvalue weighted by Gasteiger charge is -2.03. The molecule has 0 aromatic carbocycles. The summed E-state index contributed by atoms with van der Waals surface area (Å²) >= 11 is 0. The normalized spacial score (nSPS) is 11.9. The molecule has 0 aliphatic heterocycles. The lowest BCUT2D eigenvalue weighted by atomic mass is 10.1. The van der Waals surface area contributed by atoms with E-state index in [1.54, 1.807) is 6.21 Å². The summed E-state index contributed by atoms with van der Waals surface area (Å²) in [4.78, 5) is 20.2. The monoisotopic (exact) mass is 222 g/mol. The predicted molar refractivity (Wildman–Crippen MR) is 70.4 cm³/mol. The summed E-state index contributed by atoms with van der Waals surface area (Å²) in [5, 5.41) is 0. The second kappa shape index (κ2) is 7.97. The molecule has 0 heterocycles. The van der Waals surface area contributed by atoms with Gasteiger partial charge >= 0.3 is 0 Å². The molecule has 0 rings (SSSR count). The van der Waals surface area contributed by atoms with Crippen LogP contribution in [0, 0.1) is 0 Å². The van der Waals surface area contributed by atoms with E-state index in [-0.39, 0.29) is 5.78 Å². The van der Waals surface area contributed by atoms with Gasteiger partial charge in [-0.1, -0.05) is 13.8 Å². The number of nitrogens with zero attached hydrogens (tertiary/aromatic N) is 2. The Labute approximate surface area is 98.4 Å². The van der Waals surface area contributed by atoms with Gasteiger partial charge in [0.2, 0.25) is 0 Å². The van der Waals surface area contributed by atoms with Crippen LogP contribution in [0.3, 0.4) is 0 Å². The van der Waals surface area contributed by atoms with Gasteiger partial charge in [0, 0.05) is 19.2 Å². The summed E-state index contributed by atoms with van der Waals surface area (Å²) in [5.41, 5.74) is 2.41. The van der Waals surface area contributed by atoms with E-state index in [1.807, 2.05) is 34.6 Å². The topological polar surface area (TPSA) is 41.8 Å². The average Bonchev–Trinajstić information content (AvgIpc) is 2.28. The zero-order chi connectivity index (χ0) is 12.6. The van der Waals surface area contributed by atoms with E-state index in [2.05, 4.69) is 9.98 Å². The Morgan fingerprint density at radius 3 is 2.12 bits per heavy atom. The van der Waals surface area contributed by atoms with Crippen LogP contribution in [-0.2, 0) is 4.79 Å². The van der Waals surface area contributed by atoms with Crippen LogP contribution in [0.25, 0.3) is 0 Å². The number of carbonyl (C=O) groups is 1. The highest BCUT2D eigenvalue weighted by Gasteiger charge is 2.08. The summed E-state index contributed by atoms with van der Waals surface area (Å²) in [6, 6.07) is 0. The maximum atomic E-state index is 11.7. The zero-order valence-electron chi connectivity index (χ0n) is 11.0. The van der Waals surface area contributed by atoms with Crippen LogP contribution in [0.5, 0.6) is 0 Å². The Bertz CT molecular complexity index is 321. The van der Waals surface area contributed by atoms with E-state index in [0.717, 1.165) is 24.3 Å². The standard InChI is InChI=1S/C13H22N2O/c1-6-11(9-14-8-3)15-13(10(4)5)12(16)7-2/h9H,6-8H2,1-5H3. The minimum atomic E-state index is 0.0934. The molecule has 90 valence electrons. The third kappa shape index (κ3) is 5.01. The second-order valence-corrected chi connectivity index (χ2v) is 3.71. The van der Waals surface area contributed by atoms with Crippen LogP contribution in [-0.4, -0.2) is 24.3 Å². The smallest absolute Gasteiger partial charge is 0.180 e. The third-order valence-electron chi connectivity index (χ3n) is 2.10. The Morgan fingerprint density at radius 2 is 1.75 bits per heavy atom. The van der Waals surface area contributed by atoms with Crippen molar-refractivity contribution in [3.8, 4) is 0 Å². The zero-order valence-corrected chi connectivity index (χ0v) is 11.0. The molecule has 0 spiro atoms. The van der Waals surface area contributed by atoms with Gasteiger partial charge in [0.25, 0.3) is 0 Å². The van der Waals surface area contributed by atoms with Crippen molar-refractivity contribution < 1.29 is 4.79 Å². The second-order valence-electron chi connectivity index (χ2n) is 3.71. The highest BCUT2D eigenvalue weighted by Crippen LogP contribution is 2.09. The van der Waals surface area contributed by atoms with Gasteiger partial charge in [0.1, 0.15) is 5.70 Å². The third-order valence-corrected chi connectivity index (χ3v) is 2.10. The van der Waals surface area contributed by atoms with Gasteiger partial charge in [-0.2, -0.15) is 0 Å². The molecule has 0 aliphatic rings. The first-order valence-corrected chi connectivity index (χ1v) is 5.84. The maximum absolute atomic E-state index is 11.7. The quantitative estimate of drug-likeness (QED) is 0.502. The summed E-state index contributed by atoms with van der Waals surface area (Å²) in [7, 11) is 0. The van der Waals surface area contributed by atoms with E-state index < -0.39 is 0 Å². The van der Waals surface area contributed by atoms with Crippen molar-refractivity contribution in [1.29, 1.82) is 0 Å². The molecule has 0 aromatic heterocycles. The number of aliphatic imine (C=N–C) groups is 2. The van der Waals surface area contributed by atoms with Gasteiger partial charge in [0.15, 0.2) is 5.78 Å². The van der Waals surface area contributed by atoms with E-state index in [4.69, 9.17) is 0 Å². The predicted octanol–water partition coefficient (Wildman–Crippen LogP) is 3.20. The van der Waals surface area contributed by atoms with Crippen LogP contribution >= 0.6 is 0 Å². The fourth-order valence-electron chi connectivity index (χ4n) is 1.16. The summed E-state index contributed by atoms with van der Waals surface area (Å²) < 4.78 is 0. The van der Waals surface area contributed by atoms with Crippen molar-refractivity contribution in [2.24, 2.45) is 9.98 Å². The number of allylic oxidation sites excluding steroid dienone is 2. The summed E-state index contributed by atoms with van der Waals surface area (Å²) in [5.74, 6) is 0.0934. The lowest BCUT2D eigenvalue weighted by Crippen LogP contribution is -2.06. The molecule has 3 heteroatoms. The van der Waals surface area contributed by atoms with Crippen molar-refractivity contribution in [3.63, 3.8) is 0 Å². The first-order chi connectivity index (χ1) is 7.56. The number of hydrogen-bond donors (Lipinski definition) is 0. The summed E-state index contributed by atoms with van der Waals surface area (Å²) in [6.07, 6.45) is 3.04. The van der Waals surface area contributed by atoms with Crippen molar-refractivity contribution in [3.05, 3.63) is 11.3 Å². The first-order valence-electron chi connectivity index (χ1n) is 5.84. The van der Waals surface area contributed by atoms with Gasteiger partial charge in [0.05, 0.1) is 5.71 Å². The number of rotatable bonds is 6. The van der Waals surface area contributed by atoms with Crippen LogP contribution in [0.4, 0.5) is 0 Å². The molecular weight excluding hydrogens is 200 g/mol. The van der Waals surface area contributed by atoms with Gasteiger partial charge in [-0.05, 0) is 32.8 Å². The largest absolute Gasteiger partial charge is 0.292 e. The van der Waals surface area contributed by atoms with Gasteiger partial charge in [-0.25, -0.2) is 4.99 Å². The minimum Gasteiger partial charge on any atom is -0.292 e. The van der Waals surface area contributed by atoms with Crippen LogP contribution < -0.4 is 0 Å². The minimum absolute atomic E-state index is 0.0934. The van der Waals surface area contributed by atoms with Crippen molar-refractivity contribution in [1.82, 2.24) is 0 Å². The van der Waals surface area contributed by atoms with Gasteiger partial charge < -0.3 is 0 Å². The van der Waals surface area contributed by atoms with Gasteiger partial charge in [-0.15, -0.1) is 0 Å². The lowest BCUT2D eigenvalue weighted by molar-refractivity contribution is -0.115. The van der Waals surface area contributed by atoms with E-state index >= 15 is 0 Å². The van der Waals surface area contributed by atoms with Crippen LogP contribution in [0.2, 0.25) is 0 Å². The highest BCUT2D eigenvalue weighted by molar-refractivity contribution is 6.31. The van der Waals surface area contributed by atoms with Crippen LogP contribution in [0.15, 0.2) is 21.3 Å². The average molecular weight is 222 g/mol. The molecule has 0 aliphatic carbocycles. The van der Waals surface area contributed by atoms with Gasteiger partial charge in [-0.3, -0.25) is 9.79 Å². The maximum Gasteiger partial charge on any atom is 0.180 e. The molecule has 0 unspecified atom stereocenters. The Hall–Kier alpha value is -1.25. The van der Waals surface area contributed by atoms with Crippen molar-refractivity contribution in [2.75, 3.05) is 6.54 Å². The summed E-state index contributed by atoms with van der Waals surface area (Å²) in [6.45, 7) is 10.4. The molecule has 0 bridgehead atoms. The van der Waals surface area contributed by atoms with Crippen molar-refractivity contribution >= 4 is 17.7 Å². The molecule has 0 saturated heterocycles. The fraction of sp³-hybridized carbons (Fsp3) is 0.615. The molecule has 3 nitrogen and oxygen atoms in total. The SMILES string of the molecule is CCN=CC(CC)=NC(C(=O)CC)=C(C)C. The molecule has 0 N–H and O–H groups in total. The Balaban J connectivity index is 5.11.